The standard InChI is InChI=1S/C13H16N6/c1-19-8-16-7-9(19)6-13(15)17-11-5-3-2-4-10(11)12(14)18-13/h2-5,7-8,17H,6,15H2,1H3,(H2,14,18). The van der Waals surface area contributed by atoms with Gasteiger partial charge < -0.3 is 15.6 Å². The maximum atomic E-state index is 6.30. The van der Waals surface area contributed by atoms with Crippen LogP contribution in [0.5, 0.6) is 0 Å². The Morgan fingerprint density at radius 2 is 2.16 bits per heavy atom. The third-order valence-electron chi connectivity index (χ3n) is 3.24. The molecule has 1 aliphatic rings. The van der Waals surface area contributed by atoms with Crippen LogP contribution in [0.25, 0.3) is 0 Å². The molecule has 0 radical (unpaired) electrons. The van der Waals surface area contributed by atoms with Gasteiger partial charge >= 0.3 is 0 Å². The van der Waals surface area contributed by atoms with Crippen molar-refractivity contribution in [1.82, 2.24) is 9.55 Å². The largest absolute Gasteiger partial charge is 0.383 e. The highest BCUT2D eigenvalue weighted by molar-refractivity contribution is 6.04. The first-order valence-electron chi connectivity index (χ1n) is 6.04. The second-order valence-corrected chi connectivity index (χ2v) is 4.76. The van der Waals surface area contributed by atoms with Gasteiger partial charge in [-0.25, -0.2) is 9.98 Å². The second kappa shape index (κ2) is 4.10. The Morgan fingerprint density at radius 3 is 2.89 bits per heavy atom. The molecule has 0 aliphatic carbocycles. The highest BCUT2D eigenvalue weighted by Gasteiger charge is 2.31. The number of hydrogen-bond acceptors (Lipinski definition) is 5. The van der Waals surface area contributed by atoms with Gasteiger partial charge in [-0.05, 0) is 12.1 Å². The maximum absolute atomic E-state index is 6.30. The molecule has 1 aromatic carbocycles. The van der Waals surface area contributed by atoms with Crippen LogP contribution >= 0.6 is 0 Å². The van der Waals surface area contributed by atoms with Crippen LogP contribution < -0.4 is 16.8 Å². The SMILES string of the molecule is Cn1cncc1CC1(N)N=C(N)c2ccccc2N1. The number of rotatable bonds is 2. The van der Waals surface area contributed by atoms with Crippen LogP contribution in [-0.4, -0.2) is 21.2 Å². The van der Waals surface area contributed by atoms with Crippen LogP contribution in [0.1, 0.15) is 11.3 Å². The minimum atomic E-state index is -0.938. The van der Waals surface area contributed by atoms with E-state index >= 15 is 0 Å². The molecule has 2 heterocycles. The topological polar surface area (TPSA) is 94.2 Å². The number of hydrogen-bond donors (Lipinski definition) is 3. The van der Waals surface area contributed by atoms with E-state index in [9.17, 15) is 0 Å². The van der Waals surface area contributed by atoms with Crippen LogP contribution in [0, 0.1) is 0 Å². The summed E-state index contributed by atoms with van der Waals surface area (Å²) in [5, 5.41) is 3.24. The summed E-state index contributed by atoms with van der Waals surface area (Å²) in [5.74, 6) is -0.481. The fourth-order valence-electron chi connectivity index (χ4n) is 2.27. The molecule has 1 aromatic heterocycles. The number of nitrogens with two attached hydrogens (primary N) is 2. The lowest BCUT2D eigenvalue weighted by atomic mass is 10.1. The summed E-state index contributed by atoms with van der Waals surface area (Å²) in [7, 11) is 1.93. The molecular weight excluding hydrogens is 240 g/mol. The van der Waals surface area contributed by atoms with Gasteiger partial charge in [0.05, 0.1) is 6.33 Å². The van der Waals surface area contributed by atoms with Gasteiger partial charge in [-0.15, -0.1) is 0 Å². The van der Waals surface area contributed by atoms with Gasteiger partial charge in [0.15, 0.2) is 5.79 Å². The van der Waals surface area contributed by atoms with Crippen molar-refractivity contribution >= 4 is 11.5 Å². The number of imidazole rings is 1. The van der Waals surface area contributed by atoms with Crippen molar-refractivity contribution in [3.05, 3.63) is 48.0 Å². The number of benzene rings is 1. The van der Waals surface area contributed by atoms with Crippen molar-refractivity contribution in [3.8, 4) is 0 Å². The molecule has 0 spiro atoms. The average Bonchev–Trinajstić information content (AvgIpc) is 2.74. The zero-order chi connectivity index (χ0) is 13.5. The Kier molecular flexibility index (Phi) is 2.53. The minimum Gasteiger partial charge on any atom is -0.383 e. The van der Waals surface area contributed by atoms with Gasteiger partial charge in [0.2, 0.25) is 0 Å². The predicted molar refractivity (Wildman–Crippen MR) is 74.6 cm³/mol. The smallest absolute Gasteiger partial charge is 0.190 e. The summed E-state index contributed by atoms with van der Waals surface area (Å²) in [6.45, 7) is 0. The number of para-hydroxylation sites is 1. The van der Waals surface area contributed by atoms with Gasteiger partial charge in [0, 0.05) is 36.6 Å². The molecule has 0 saturated carbocycles. The molecule has 0 saturated heterocycles. The quantitative estimate of drug-likeness (QED) is 0.725. The molecule has 1 aliphatic heterocycles. The average molecular weight is 256 g/mol. The third-order valence-corrected chi connectivity index (χ3v) is 3.24. The van der Waals surface area contributed by atoms with E-state index in [1.165, 1.54) is 0 Å². The Balaban J connectivity index is 1.95. The Bertz CT molecular complexity index is 644. The normalized spacial score (nSPS) is 21.5. The van der Waals surface area contributed by atoms with Crippen LogP contribution in [0.4, 0.5) is 5.69 Å². The summed E-state index contributed by atoms with van der Waals surface area (Å²) >= 11 is 0. The zero-order valence-corrected chi connectivity index (χ0v) is 10.7. The number of nitrogens with zero attached hydrogens (tertiary/aromatic N) is 3. The number of anilines is 1. The lowest BCUT2D eigenvalue weighted by molar-refractivity contribution is 0.489. The summed E-state index contributed by atoms with van der Waals surface area (Å²) in [6, 6.07) is 7.73. The molecule has 6 nitrogen and oxygen atoms in total. The van der Waals surface area contributed by atoms with E-state index in [0.717, 1.165) is 16.9 Å². The van der Waals surface area contributed by atoms with Gasteiger partial charge in [-0.1, -0.05) is 12.1 Å². The fourth-order valence-corrected chi connectivity index (χ4v) is 2.27. The van der Waals surface area contributed by atoms with E-state index in [-0.39, 0.29) is 0 Å². The first kappa shape index (κ1) is 11.7. The monoisotopic (exact) mass is 256 g/mol. The van der Waals surface area contributed by atoms with Crippen LogP contribution in [0.3, 0.4) is 0 Å². The van der Waals surface area contributed by atoms with Crippen molar-refractivity contribution in [2.75, 3.05) is 5.32 Å². The molecule has 1 atom stereocenters. The van der Waals surface area contributed by atoms with E-state index in [1.54, 1.807) is 12.5 Å². The van der Waals surface area contributed by atoms with Crippen molar-refractivity contribution in [2.45, 2.75) is 12.2 Å². The molecule has 3 rings (SSSR count). The zero-order valence-electron chi connectivity index (χ0n) is 10.7. The molecule has 6 heteroatoms. The van der Waals surface area contributed by atoms with Gasteiger partial charge in [0.25, 0.3) is 0 Å². The van der Waals surface area contributed by atoms with Gasteiger partial charge in [0.1, 0.15) is 5.84 Å². The van der Waals surface area contributed by atoms with E-state index in [4.69, 9.17) is 11.5 Å². The molecule has 0 bridgehead atoms. The summed E-state index contributed by atoms with van der Waals surface area (Å²) in [5.41, 5.74) is 15.1. The molecular formula is C13H16N6. The number of aromatic nitrogens is 2. The van der Waals surface area contributed by atoms with Gasteiger partial charge in [-0.3, -0.25) is 5.73 Å². The highest BCUT2D eigenvalue weighted by Crippen LogP contribution is 2.25. The Hall–Kier alpha value is -2.34. The highest BCUT2D eigenvalue weighted by atomic mass is 15.3. The van der Waals surface area contributed by atoms with Crippen molar-refractivity contribution in [1.29, 1.82) is 0 Å². The lowest BCUT2D eigenvalue weighted by Crippen LogP contribution is -2.52. The van der Waals surface area contributed by atoms with Crippen molar-refractivity contribution in [3.63, 3.8) is 0 Å². The molecule has 98 valence electrons. The minimum absolute atomic E-state index is 0.457. The molecule has 19 heavy (non-hydrogen) atoms. The predicted octanol–water partition coefficient (Wildman–Crippen LogP) is 0.406. The first-order valence-corrected chi connectivity index (χ1v) is 6.04. The number of nitrogens with one attached hydrogen (secondary N) is 1. The van der Waals surface area contributed by atoms with E-state index in [1.807, 2.05) is 35.9 Å². The molecule has 2 aromatic rings. The molecule has 0 amide bonds. The first-order chi connectivity index (χ1) is 9.07. The van der Waals surface area contributed by atoms with E-state index < -0.39 is 5.79 Å². The van der Waals surface area contributed by atoms with Crippen molar-refractivity contribution in [2.24, 2.45) is 23.5 Å². The van der Waals surface area contributed by atoms with E-state index in [0.29, 0.717) is 12.3 Å². The molecule has 0 fully saturated rings. The van der Waals surface area contributed by atoms with Crippen molar-refractivity contribution < 1.29 is 0 Å². The summed E-state index contributed by atoms with van der Waals surface area (Å²) in [6.07, 6.45) is 4.03. The fraction of sp³-hybridized carbons (Fsp3) is 0.231. The second-order valence-electron chi connectivity index (χ2n) is 4.76. The number of fused-ring (bicyclic) bond motifs is 1. The summed E-state index contributed by atoms with van der Waals surface area (Å²) < 4.78 is 1.92. The number of aryl methyl sites for hydroxylation is 1. The molecule has 5 N–H and O–H groups in total. The van der Waals surface area contributed by atoms with Gasteiger partial charge in [-0.2, -0.15) is 0 Å². The molecule has 1 unspecified atom stereocenters. The number of aliphatic imine (C=N–C) groups is 1. The maximum Gasteiger partial charge on any atom is 0.190 e. The Morgan fingerprint density at radius 1 is 1.37 bits per heavy atom. The summed E-state index contributed by atoms with van der Waals surface area (Å²) in [4.78, 5) is 8.47. The Labute approximate surface area is 111 Å². The van der Waals surface area contributed by atoms with Crippen LogP contribution in [-0.2, 0) is 13.5 Å². The van der Waals surface area contributed by atoms with E-state index in [2.05, 4.69) is 15.3 Å². The van der Waals surface area contributed by atoms with Crippen LogP contribution in [0.15, 0.2) is 41.8 Å². The third kappa shape index (κ3) is 2.06. The lowest BCUT2D eigenvalue weighted by Gasteiger charge is -2.32. The number of amidine groups is 1. The van der Waals surface area contributed by atoms with Crippen LogP contribution in [0.2, 0.25) is 0 Å².